The summed E-state index contributed by atoms with van der Waals surface area (Å²) in [6.07, 6.45) is 1.51. The summed E-state index contributed by atoms with van der Waals surface area (Å²) in [5, 5.41) is 7.08. The molecule has 1 amide bonds. The van der Waals surface area contributed by atoms with E-state index in [0.717, 1.165) is 48.7 Å². The lowest BCUT2D eigenvalue weighted by Crippen LogP contribution is -2.39. The van der Waals surface area contributed by atoms with Crippen LogP contribution in [0.25, 0.3) is 11.1 Å². The van der Waals surface area contributed by atoms with Crippen LogP contribution in [0.2, 0.25) is 0 Å². The number of carbonyl (C=O) groups excluding carboxylic acids is 1. The minimum Gasteiger partial charge on any atom is -0.492 e. The molecule has 2 fully saturated rings. The monoisotopic (exact) mass is 433 g/mol. The molecular formula is C25H27N3O4. The molecule has 32 heavy (non-hydrogen) atoms. The van der Waals surface area contributed by atoms with Gasteiger partial charge in [-0.2, -0.15) is 0 Å². The molecule has 3 heterocycles. The van der Waals surface area contributed by atoms with Gasteiger partial charge in [0.2, 0.25) is 0 Å². The van der Waals surface area contributed by atoms with Gasteiger partial charge in [0, 0.05) is 35.9 Å². The van der Waals surface area contributed by atoms with Crippen LogP contribution in [0.5, 0.6) is 5.75 Å². The number of aromatic nitrogens is 1. The van der Waals surface area contributed by atoms with Gasteiger partial charge in [-0.1, -0.05) is 23.4 Å². The van der Waals surface area contributed by atoms with Crippen molar-refractivity contribution in [2.75, 3.05) is 31.6 Å². The van der Waals surface area contributed by atoms with Crippen molar-refractivity contribution in [1.82, 2.24) is 10.1 Å². The molecule has 1 aromatic heterocycles. The molecule has 0 radical (unpaired) electrons. The Hall–Kier alpha value is -3.16. The lowest BCUT2D eigenvalue weighted by atomic mass is 10.0. The van der Waals surface area contributed by atoms with Crippen LogP contribution in [0.3, 0.4) is 0 Å². The highest BCUT2D eigenvalue weighted by atomic mass is 16.5. The molecule has 0 spiro atoms. The molecule has 5 rings (SSSR count). The van der Waals surface area contributed by atoms with Crippen LogP contribution in [0, 0.1) is 13.8 Å². The number of aryl methyl sites for hydroxylation is 2. The van der Waals surface area contributed by atoms with Crippen LogP contribution in [0.15, 0.2) is 53.1 Å². The summed E-state index contributed by atoms with van der Waals surface area (Å²) < 4.78 is 17.3. The molecule has 7 heteroatoms. The highest BCUT2D eigenvalue weighted by Crippen LogP contribution is 2.37. The maximum atomic E-state index is 12.6. The lowest BCUT2D eigenvalue weighted by Gasteiger charge is -2.26. The molecule has 2 aliphatic rings. The van der Waals surface area contributed by atoms with Crippen LogP contribution in [0.4, 0.5) is 5.69 Å². The van der Waals surface area contributed by atoms with E-state index < -0.39 is 0 Å². The summed E-state index contributed by atoms with van der Waals surface area (Å²) in [7, 11) is 0. The van der Waals surface area contributed by atoms with Crippen molar-refractivity contribution in [3.05, 3.63) is 65.5 Å². The molecule has 166 valence electrons. The topological polar surface area (TPSA) is 76.8 Å². The van der Waals surface area contributed by atoms with E-state index in [1.54, 1.807) is 12.1 Å². The maximum Gasteiger partial charge on any atom is 0.255 e. The van der Waals surface area contributed by atoms with Crippen molar-refractivity contribution in [2.45, 2.75) is 32.4 Å². The highest BCUT2D eigenvalue weighted by Gasteiger charge is 2.38. The third kappa shape index (κ3) is 4.13. The van der Waals surface area contributed by atoms with Crippen LogP contribution in [-0.4, -0.2) is 54.4 Å². The number of ether oxygens (including phenoxy) is 2. The van der Waals surface area contributed by atoms with E-state index in [2.05, 4.69) is 15.4 Å². The van der Waals surface area contributed by atoms with Gasteiger partial charge in [-0.3, -0.25) is 9.69 Å². The number of hydrogen-bond acceptors (Lipinski definition) is 6. The van der Waals surface area contributed by atoms with E-state index in [9.17, 15) is 4.79 Å². The Labute approximate surface area is 187 Å². The lowest BCUT2D eigenvalue weighted by molar-refractivity contribution is 0.0258. The number of morpholine rings is 1. The Morgan fingerprint density at radius 1 is 1.22 bits per heavy atom. The second-order valence-corrected chi connectivity index (χ2v) is 8.42. The van der Waals surface area contributed by atoms with Gasteiger partial charge in [0.25, 0.3) is 5.91 Å². The minimum atomic E-state index is -0.157. The second kappa shape index (κ2) is 8.76. The minimum absolute atomic E-state index is 0.157. The van der Waals surface area contributed by atoms with Crippen molar-refractivity contribution in [2.24, 2.45) is 0 Å². The first kappa shape index (κ1) is 20.7. The zero-order valence-electron chi connectivity index (χ0n) is 18.3. The predicted octanol–water partition coefficient (Wildman–Crippen LogP) is 4.06. The Morgan fingerprint density at radius 2 is 2.06 bits per heavy atom. The van der Waals surface area contributed by atoms with Gasteiger partial charge in [0.05, 0.1) is 24.0 Å². The summed E-state index contributed by atoms with van der Waals surface area (Å²) in [4.78, 5) is 15.1. The van der Waals surface area contributed by atoms with Gasteiger partial charge < -0.3 is 19.3 Å². The SMILES string of the molecule is Cc1noc(C)c1-c1cc(NC(=O)c2ccccc2)ccc1OCCN1C[C@@H]2C[C@H]1CO2. The molecular weight excluding hydrogens is 406 g/mol. The van der Waals surface area contributed by atoms with Crippen LogP contribution >= 0.6 is 0 Å². The van der Waals surface area contributed by atoms with Crippen molar-refractivity contribution >= 4 is 11.6 Å². The fourth-order valence-electron chi connectivity index (χ4n) is 4.62. The predicted molar refractivity (Wildman–Crippen MR) is 121 cm³/mol. The van der Waals surface area contributed by atoms with E-state index in [1.165, 1.54) is 0 Å². The molecule has 7 nitrogen and oxygen atoms in total. The number of nitrogens with one attached hydrogen (secondary N) is 1. The number of fused-ring (bicyclic) bond motifs is 2. The summed E-state index contributed by atoms with van der Waals surface area (Å²) in [6.45, 7) is 7.04. The smallest absolute Gasteiger partial charge is 0.255 e. The Balaban J connectivity index is 1.35. The molecule has 2 bridgehead atoms. The molecule has 2 saturated heterocycles. The van der Waals surface area contributed by atoms with Crippen molar-refractivity contribution in [1.29, 1.82) is 0 Å². The normalized spacial score (nSPS) is 19.9. The van der Waals surface area contributed by atoms with E-state index in [1.807, 2.05) is 50.2 Å². The third-order valence-electron chi connectivity index (χ3n) is 6.23. The first-order valence-electron chi connectivity index (χ1n) is 11.0. The number of carbonyl (C=O) groups is 1. The summed E-state index contributed by atoms with van der Waals surface area (Å²) in [5.41, 5.74) is 3.83. The first-order valence-corrected chi connectivity index (χ1v) is 11.0. The standard InChI is InChI=1S/C25H27N3O4/c1-16-24(17(2)32-27-16)22-12-19(26-25(29)18-6-4-3-5-7-18)8-9-23(22)30-11-10-28-14-21-13-20(28)15-31-21/h3-9,12,20-21H,10-11,13-15H2,1-2H3,(H,26,29)/t20-,21-/m0/s1. The van der Waals surface area contributed by atoms with Crippen LogP contribution in [-0.2, 0) is 4.74 Å². The zero-order chi connectivity index (χ0) is 22.1. The maximum absolute atomic E-state index is 12.6. The third-order valence-corrected chi connectivity index (χ3v) is 6.23. The Morgan fingerprint density at radius 3 is 2.75 bits per heavy atom. The molecule has 0 aliphatic carbocycles. The van der Waals surface area contributed by atoms with E-state index in [-0.39, 0.29) is 5.91 Å². The van der Waals surface area contributed by atoms with Crippen LogP contribution in [0.1, 0.15) is 28.2 Å². The quantitative estimate of drug-likeness (QED) is 0.606. The average molecular weight is 434 g/mol. The summed E-state index contributed by atoms with van der Waals surface area (Å²) >= 11 is 0. The van der Waals surface area contributed by atoms with Gasteiger partial charge in [-0.25, -0.2) is 0 Å². The first-order chi connectivity index (χ1) is 15.6. The average Bonchev–Trinajstić information content (AvgIpc) is 3.51. The molecule has 2 aromatic carbocycles. The number of hydrogen-bond donors (Lipinski definition) is 1. The molecule has 0 saturated carbocycles. The van der Waals surface area contributed by atoms with E-state index in [4.69, 9.17) is 14.0 Å². The number of rotatable bonds is 7. The van der Waals surface area contributed by atoms with E-state index in [0.29, 0.717) is 35.8 Å². The van der Waals surface area contributed by atoms with Gasteiger partial charge in [-0.05, 0) is 50.6 Å². The van der Waals surface area contributed by atoms with Crippen molar-refractivity contribution < 1.29 is 18.8 Å². The Kier molecular flexibility index (Phi) is 5.68. The van der Waals surface area contributed by atoms with Gasteiger partial charge in [0.1, 0.15) is 18.1 Å². The van der Waals surface area contributed by atoms with Crippen molar-refractivity contribution in [3.8, 4) is 16.9 Å². The second-order valence-electron chi connectivity index (χ2n) is 8.42. The van der Waals surface area contributed by atoms with E-state index >= 15 is 0 Å². The number of nitrogens with zero attached hydrogens (tertiary/aromatic N) is 2. The van der Waals surface area contributed by atoms with Gasteiger partial charge in [-0.15, -0.1) is 0 Å². The number of anilines is 1. The Bertz CT molecular complexity index is 1090. The number of amides is 1. The molecule has 1 N–H and O–H groups in total. The number of likely N-dealkylation sites (tertiary alicyclic amines) is 1. The fourth-order valence-corrected chi connectivity index (χ4v) is 4.62. The number of benzene rings is 2. The zero-order valence-corrected chi connectivity index (χ0v) is 18.3. The summed E-state index contributed by atoms with van der Waals surface area (Å²) in [6, 6.07) is 15.4. The van der Waals surface area contributed by atoms with Gasteiger partial charge >= 0.3 is 0 Å². The largest absolute Gasteiger partial charge is 0.492 e. The van der Waals surface area contributed by atoms with Crippen molar-refractivity contribution in [3.63, 3.8) is 0 Å². The molecule has 0 unspecified atom stereocenters. The highest BCUT2D eigenvalue weighted by molar-refractivity contribution is 6.04. The molecule has 2 atom stereocenters. The van der Waals surface area contributed by atoms with Gasteiger partial charge in [0.15, 0.2) is 0 Å². The summed E-state index contributed by atoms with van der Waals surface area (Å²) in [5.74, 6) is 1.31. The molecule has 3 aromatic rings. The molecule has 2 aliphatic heterocycles. The fraction of sp³-hybridized carbons (Fsp3) is 0.360. The van der Waals surface area contributed by atoms with Crippen LogP contribution < -0.4 is 10.1 Å².